The zero-order chi connectivity index (χ0) is 22.6. The molecule has 0 amide bonds. The van der Waals surface area contributed by atoms with Crippen molar-refractivity contribution < 1.29 is 4.74 Å². The minimum Gasteiger partial charge on any atom is -0.379 e. The highest BCUT2D eigenvalue weighted by Gasteiger charge is 2.09. The molecule has 0 atom stereocenters. The fourth-order valence-corrected chi connectivity index (χ4v) is 3.86. The van der Waals surface area contributed by atoms with Crippen molar-refractivity contribution in [1.29, 1.82) is 0 Å². The molecule has 3 rings (SSSR count). The predicted octanol–water partition coefficient (Wildman–Crippen LogP) is 1.00. The first kappa shape index (κ1) is 24.2. The van der Waals surface area contributed by atoms with E-state index in [-0.39, 0.29) is 0 Å². The van der Waals surface area contributed by atoms with Gasteiger partial charge in [0.05, 0.1) is 18.9 Å². The number of hydrogen-bond acceptors (Lipinski definition) is 6. The zero-order valence-electron chi connectivity index (χ0n) is 19.9. The molecule has 2 aromatic rings. The molecular formula is C22H39N9O. The van der Waals surface area contributed by atoms with Crippen LogP contribution in [0.5, 0.6) is 0 Å². The first-order valence-corrected chi connectivity index (χ1v) is 11.9. The summed E-state index contributed by atoms with van der Waals surface area (Å²) < 4.78 is 9.58. The molecule has 1 aliphatic heterocycles. The molecule has 0 spiro atoms. The summed E-state index contributed by atoms with van der Waals surface area (Å²) in [5, 5.41) is 19.7. The van der Waals surface area contributed by atoms with Crippen LogP contribution in [0.2, 0.25) is 0 Å². The minimum atomic E-state index is 0.754. The van der Waals surface area contributed by atoms with E-state index in [1.807, 2.05) is 6.92 Å². The van der Waals surface area contributed by atoms with Crippen LogP contribution in [0.4, 0.5) is 0 Å². The Morgan fingerprint density at radius 2 is 1.91 bits per heavy atom. The van der Waals surface area contributed by atoms with E-state index in [4.69, 9.17) is 9.73 Å². The molecule has 0 radical (unpaired) electrons. The van der Waals surface area contributed by atoms with Crippen molar-refractivity contribution in [3.8, 4) is 0 Å². The van der Waals surface area contributed by atoms with Crippen LogP contribution in [0.25, 0.3) is 0 Å². The van der Waals surface area contributed by atoms with Crippen LogP contribution in [0, 0.1) is 13.8 Å². The maximum Gasteiger partial charge on any atom is 0.191 e. The lowest BCUT2D eigenvalue weighted by atomic mass is 10.3. The Balaban J connectivity index is 1.44. The summed E-state index contributed by atoms with van der Waals surface area (Å²) in [4.78, 5) is 7.26. The SMILES string of the molecule is CCc1nncn1CCNC(=NCCCn1nc(C)cc1C)NCCCN1CCOCC1. The highest BCUT2D eigenvalue weighted by Crippen LogP contribution is 2.03. The lowest BCUT2D eigenvalue weighted by Crippen LogP contribution is -2.41. The van der Waals surface area contributed by atoms with E-state index < -0.39 is 0 Å². The summed E-state index contributed by atoms with van der Waals surface area (Å²) in [5.41, 5.74) is 2.27. The molecule has 10 heteroatoms. The largest absolute Gasteiger partial charge is 0.379 e. The van der Waals surface area contributed by atoms with Crippen LogP contribution < -0.4 is 10.6 Å². The topological polar surface area (TPSA) is 97.4 Å². The fourth-order valence-electron chi connectivity index (χ4n) is 3.86. The van der Waals surface area contributed by atoms with Crippen LogP contribution >= 0.6 is 0 Å². The maximum atomic E-state index is 5.43. The quantitative estimate of drug-likeness (QED) is 0.286. The minimum absolute atomic E-state index is 0.754. The molecule has 10 nitrogen and oxygen atoms in total. The number of nitrogens with zero attached hydrogens (tertiary/aromatic N) is 7. The monoisotopic (exact) mass is 445 g/mol. The summed E-state index contributed by atoms with van der Waals surface area (Å²) in [6.45, 7) is 15.2. The van der Waals surface area contributed by atoms with Crippen LogP contribution in [0.3, 0.4) is 0 Å². The van der Waals surface area contributed by atoms with Gasteiger partial charge in [0, 0.05) is 57.9 Å². The Kier molecular flexibility index (Phi) is 9.96. The van der Waals surface area contributed by atoms with Crippen LogP contribution in [0.1, 0.15) is 37.0 Å². The highest BCUT2D eigenvalue weighted by molar-refractivity contribution is 5.79. The second-order valence-electron chi connectivity index (χ2n) is 8.19. The number of guanidine groups is 1. The third-order valence-corrected chi connectivity index (χ3v) is 5.61. The Bertz CT molecular complexity index is 823. The predicted molar refractivity (Wildman–Crippen MR) is 126 cm³/mol. The number of morpholine rings is 1. The molecule has 0 unspecified atom stereocenters. The molecular weight excluding hydrogens is 406 g/mol. The molecule has 178 valence electrons. The van der Waals surface area contributed by atoms with Gasteiger partial charge >= 0.3 is 0 Å². The van der Waals surface area contributed by atoms with E-state index in [0.717, 1.165) is 102 Å². The van der Waals surface area contributed by atoms with Gasteiger partial charge in [-0.05, 0) is 39.3 Å². The Morgan fingerprint density at radius 3 is 2.66 bits per heavy atom. The van der Waals surface area contributed by atoms with Gasteiger partial charge in [-0.15, -0.1) is 10.2 Å². The number of hydrogen-bond donors (Lipinski definition) is 2. The standard InChI is InChI=1S/C22H39N9O/c1-4-21-27-26-18-30(21)12-9-25-22(23-7-5-10-29-13-15-32-16-14-29)24-8-6-11-31-20(3)17-19(2)28-31/h17-18H,4-16H2,1-3H3,(H2,23,24,25). The molecule has 3 heterocycles. The molecule has 0 bridgehead atoms. The van der Waals surface area contributed by atoms with Crippen molar-refractivity contribution in [2.45, 2.75) is 53.1 Å². The lowest BCUT2D eigenvalue weighted by molar-refractivity contribution is 0.0376. The van der Waals surface area contributed by atoms with Crippen molar-refractivity contribution in [2.24, 2.45) is 4.99 Å². The number of aryl methyl sites for hydroxylation is 4. The van der Waals surface area contributed by atoms with Crippen molar-refractivity contribution >= 4 is 5.96 Å². The summed E-state index contributed by atoms with van der Waals surface area (Å²) >= 11 is 0. The average Bonchev–Trinajstić information content (AvgIpc) is 3.39. The molecule has 32 heavy (non-hydrogen) atoms. The van der Waals surface area contributed by atoms with Gasteiger partial charge in [0.15, 0.2) is 5.96 Å². The van der Waals surface area contributed by atoms with E-state index >= 15 is 0 Å². The second-order valence-corrected chi connectivity index (χ2v) is 8.19. The second kappa shape index (κ2) is 13.2. The summed E-state index contributed by atoms with van der Waals surface area (Å²) in [7, 11) is 0. The van der Waals surface area contributed by atoms with Gasteiger partial charge in [-0.3, -0.25) is 14.6 Å². The van der Waals surface area contributed by atoms with Crippen molar-refractivity contribution in [3.63, 3.8) is 0 Å². The van der Waals surface area contributed by atoms with Crippen LogP contribution in [0.15, 0.2) is 17.4 Å². The van der Waals surface area contributed by atoms with Gasteiger partial charge in [-0.2, -0.15) is 5.10 Å². The molecule has 0 aliphatic carbocycles. The van der Waals surface area contributed by atoms with Gasteiger partial charge in [0.1, 0.15) is 12.2 Å². The Hall–Kier alpha value is -2.46. The number of aliphatic imine (C=N–C) groups is 1. The third-order valence-electron chi connectivity index (χ3n) is 5.61. The molecule has 0 aromatic carbocycles. The molecule has 0 saturated carbocycles. The lowest BCUT2D eigenvalue weighted by Gasteiger charge is -2.26. The highest BCUT2D eigenvalue weighted by atomic mass is 16.5. The number of nitrogens with one attached hydrogen (secondary N) is 2. The fraction of sp³-hybridized carbons (Fsp3) is 0.727. The summed E-state index contributed by atoms with van der Waals surface area (Å²) in [5.74, 6) is 1.88. The van der Waals surface area contributed by atoms with Crippen molar-refractivity contribution in [3.05, 3.63) is 29.6 Å². The third kappa shape index (κ3) is 7.90. The number of rotatable bonds is 12. The van der Waals surface area contributed by atoms with Gasteiger partial charge in [0.25, 0.3) is 0 Å². The van der Waals surface area contributed by atoms with Gasteiger partial charge in [-0.25, -0.2) is 0 Å². The smallest absolute Gasteiger partial charge is 0.191 e. The molecule has 2 N–H and O–H groups in total. The van der Waals surface area contributed by atoms with Crippen molar-refractivity contribution in [1.82, 2.24) is 40.1 Å². The van der Waals surface area contributed by atoms with E-state index in [0.29, 0.717) is 0 Å². The van der Waals surface area contributed by atoms with E-state index in [2.05, 4.69) is 60.0 Å². The molecule has 1 fully saturated rings. The number of ether oxygens (including phenoxy) is 1. The van der Waals surface area contributed by atoms with Crippen LogP contribution in [-0.2, 0) is 24.2 Å². The Morgan fingerprint density at radius 1 is 1.09 bits per heavy atom. The summed E-state index contributed by atoms with van der Waals surface area (Å²) in [6.07, 6.45) is 4.71. The zero-order valence-corrected chi connectivity index (χ0v) is 19.9. The molecule has 1 aliphatic rings. The van der Waals surface area contributed by atoms with E-state index in [1.165, 1.54) is 5.69 Å². The van der Waals surface area contributed by atoms with E-state index in [9.17, 15) is 0 Å². The molecule has 2 aromatic heterocycles. The van der Waals surface area contributed by atoms with Crippen molar-refractivity contribution in [2.75, 3.05) is 52.5 Å². The number of aromatic nitrogens is 5. The van der Waals surface area contributed by atoms with Crippen LogP contribution in [-0.4, -0.2) is 87.9 Å². The summed E-state index contributed by atoms with van der Waals surface area (Å²) in [6, 6.07) is 2.11. The van der Waals surface area contributed by atoms with Gasteiger partial charge in [0.2, 0.25) is 0 Å². The van der Waals surface area contributed by atoms with Gasteiger partial charge in [-0.1, -0.05) is 6.92 Å². The molecule has 1 saturated heterocycles. The average molecular weight is 446 g/mol. The maximum absolute atomic E-state index is 5.43. The van der Waals surface area contributed by atoms with Gasteiger partial charge < -0.3 is 19.9 Å². The first-order chi connectivity index (χ1) is 15.7. The van der Waals surface area contributed by atoms with E-state index in [1.54, 1.807) is 6.33 Å². The Labute approximate surface area is 191 Å². The first-order valence-electron chi connectivity index (χ1n) is 11.9. The normalized spacial score (nSPS) is 15.3.